The van der Waals surface area contributed by atoms with Crippen molar-refractivity contribution in [2.45, 2.75) is 37.8 Å². The molecule has 0 spiro atoms. The number of aromatic hydroxyl groups is 2. The van der Waals surface area contributed by atoms with Crippen molar-refractivity contribution in [3.05, 3.63) is 58.7 Å². The van der Waals surface area contributed by atoms with E-state index in [1.54, 1.807) is 0 Å². The van der Waals surface area contributed by atoms with Crippen LogP contribution in [0.25, 0.3) is 0 Å². The Morgan fingerprint density at radius 1 is 0.688 bits per heavy atom. The number of carboxylic acid groups (broad SMARTS) is 2. The highest BCUT2D eigenvalue weighted by atomic mass is 16.4. The summed E-state index contributed by atoms with van der Waals surface area (Å²) in [6.45, 7) is 0. The van der Waals surface area contributed by atoms with Crippen LogP contribution in [0.4, 0.5) is 0 Å². The van der Waals surface area contributed by atoms with E-state index in [4.69, 9.17) is 10.2 Å². The second-order valence-corrected chi connectivity index (χ2v) is 7.52. The number of carboxylic acids is 2. The highest BCUT2D eigenvalue weighted by Crippen LogP contribution is 2.24. The van der Waals surface area contributed by atoms with Gasteiger partial charge in [-0.05, 0) is 49.2 Å². The van der Waals surface area contributed by atoms with Crippen molar-refractivity contribution in [3.8, 4) is 11.5 Å². The third kappa shape index (κ3) is 4.97. The van der Waals surface area contributed by atoms with Crippen molar-refractivity contribution in [1.82, 2.24) is 10.6 Å². The van der Waals surface area contributed by atoms with E-state index in [1.807, 2.05) is 0 Å². The Balaban J connectivity index is 1.77. The largest absolute Gasteiger partial charge is 0.507 e. The highest BCUT2D eigenvalue weighted by Gasteiger charge is 2.30. The van der Waals surface area contributed by atoms with E-state index in [-0.39, 0.29) is 33.8 Å². The molecular formula is C22H22N2O8. The minimum Gasteiger partial charge on any atom is -0.507 e. The van der Waals surface area contributed by atoms with Gasteiger partial charge >= 0.3 is 11.9 Å². The topological polar surface area (TPSA) is 173 Å². The van der Waals surface area contributed by atoms with Crippen molar-refractivity contribution in [3.63, 3.8) is 0 Å². The Kier molecular flexibility index (Phi) is 6.62. The number of carbonyl (C=O) groups excluding carboxylic acids is 2. The number of hydrogen-bond acceptors (Lipinski definition) is 6. The summed E-state index contributed by atoms with van der Waals surface area (Å²) in [7, 11) is 0. The summed E-state index contributed by atoms with van der Waals surface area (Å²) < 4.78 is 0. The smallest absolute Gasteiger partial charge is 0.335 e. The molecule has 32 heavy (non-hydrogen) atoms. The average molecular weight is 442 g/mol. The third-order valence-electron chi connectivity index (χ3n) is 5.38. The van der Waals surface area contributed by atoms with Gasteiger partial charge in [0.1, 0.15) is 11.5 Å². The summed E-state index contributed by atoms with van der Waals surface area (Å²) in [6.07, 6.45) is 2.60. The molecule has 0 radical (unpaired) electrons. The van der Waals surface area contributed by atoms with Gasteiger partial charge in [-0.15, -0.1) is 0 Å². The van der Waals surface area contributed by atoms with Gasteiger partial charge in [-0.3, -0.25) is 9.59 Å². The molecule has 168 valence electrons. The van der Waals surface area contributed by atoms with Gasteiger partial charge in [0.05, 0.1) is 22.3 Å². The average Bonchev–Trinajstić information content (AvgIpc) is 2.75. The summed E-state index contributed by atoms with van der Waals surface area (Å²) in [4.78, 5) is 47.7. The van der Waals surface area contributed by atoms with Gasteiger partial charge in [0.15, 0.2) is 0 Å². The number of nitrogens with one attached hydrogen (secondary N) is 2. The quantitative estimate of drug-likeness (QED) is 0.394. The van der Waals surface area contributed by atoms with Crippen LogP contribution in [0.5, 0.6) is 11.5 Å². The summed E-state index contributed by atoms with van der Waals surface area (Å²) in [5, 5.41) is 43.6. The number of phenolic OH excluding ortho intramolecular Hbond substituents is 2. The molecule has 1 fully saturated rings. The van der Waals surface area contributed by atoms with E-state index >= 15 is 0 Å². The van der Waals surface area contributed by atoms with E-state index in [0.29, 0.717) is 12.8 Å². The SMILES string of the molecule is O=C(O)c1ccc(O)c(C(=O)N[C@@H]2CCCC[C@H]2NC(=O)c2cc(C(=O)O)ccc2O)c1. The molecule has 0 aliphatic heterocycles. The zero-order valence-corrected chi connectivity index (χ0v) is 16.9. The van der Waals surface area contributed by atoms with Crippen molar-refractivity contribution in [1.29, 1.82) is 0 Å². The van der Waals surface area contributed by atoms with E-state index < -0.39 is 35.8 Å². The van der Waals surface area contributed by atoms with E-state index in [1.165, 1.54) is 12.1 Å². The van der Waals surface area contributed by atoms with Crippen LogP contribution in [0, 0.1) is 0 Å². The van der Waals surface area contributed by atoms with Crippen molar-refractivity contribution < 1.29 is 39.6 Å². The predicted octanol–water partition coefficient (Wildman–Crippen LogP) is 1.97. The number of aromatic carboxylic acids is 2. The van der Waals surface area contributed by atoms with Crippen LogP contribution in [0.15, 0.2) is 36.4 Å². The molecule has 0 heterocycles. The Morgan fingerprint density at radius 3 is 1.41 bits per heavy atom. The molecular weight excluding hydrogens is 420 g/mol. The number of rotatable bonds is 6. The zero-order valence-electron chi connectivity index (χ0n) is 16.9. The second-order valence-electron chi connectivity index (χ2n) is 7.52. The van der Waals surface area contributed by atoms with Crippen LogP contribution in [-0.4, -0.2) is 56.3 Å². The molecule has 0 bridgehead atoms. The minimum atomic E-state index is -1.25. The van der Waals surface area contributed by atoms with Gasteiger partial charge in [0.25, 0.3) is 11.8 Å². The van der Waals surface area contributed by atoms with E-state index in [9.17, 15) is 29.4 Å². The first-order valence-electron chi connectivity index (χ1n) is 9.91. The van der Waals surface area contributed by atoms with Crippen LogP contribution >= 0.6 is 0 Å². The summed E-state index contributed by atoms with van der Waals surface area (Å²) >= 11 is 0. The summed E-state index contributed by atoms with van der Waals surface area (Å²) in [5.41, 5.74) is -0.717. The zero-order chi connectivity index (χ0) is 23.4. The lowest BCUT2D eigenvalue weighted by molar-refractivity contribution is 0.0685. The molecule has 1 aliphatic rings. The van der Waals surface area contributed by atoms with Crippen LogP contribution in [0.3, 0.4) is 0 Å². The Labute approximate surface area is 182 Å². The Morgan fingerprint density at radius 2 is 1.06 bits per heavy atom. The molecule has 0 saturated heterocycles. The van der Waals surface area contributed by atoms with Gasteiger partial charge < -0.3 is 31.1 Å². The standard InChI is InChI=1S/C22H22N2O8/c25-17-7-5-11(21(29)30)9-13(17)19(27)23-15-3-1-2-4-16(15)24-20(28)14-10-12(22(31)32)6-8-18(14)26/h5-10,15-16,25-26H,1-4H2,(H,23,27)(H,24,28)(H,29,30)(H,31,32)/t15-,16-/m1/s1. The molecule has 0 aromatic heterocycles. The molecule has 6 N–H and O–H groups in total. The fourth-order valence-corrected chi connectivity index (χ4v) is 3.67. The fourth-order valence-electron chi connectivity index (χ4n) is 3.67. The molecule has 2 aromatic carbocycles. The maximum atomic E-state index is 12.7. The maximum Gasteiger partial charge on any atom is 0.335 e. The molecule has 2 aromatic rings. The lowest BCUT2D eigenvalue weighted by Gasteiger charge is -2.33. The van der Waals surface area contributed by atoms with Gasteiger partial charge in [-0.25, -0.2) is 9.59 Å². The van der Waals surface area contributed by atoms with Crippen LogP contribution in [0.2, 0.25) is 0 Å². The molecule has 10 heteroatoms. The Bertz CT molecular complexity index is 996. The number of hydrogen-bond donors (Lipinski definition) is 6. The van der Waals surface area contributed by atoms with Crippen molar-refractivity contribution in [2.75, 3.05) is 0 Å². The number of amides is 2. The van der Waals surface area contributed by atoms with E-state index in [0.717, 1.165) is 37.1 Å². The molecule has 10 nitrogen and oxygen atoms in total. The summed E-state index contributed by atoms with van der Waals surface area (Å²) in [6, 6.07) is 5.70. The van der Waals surface area contributed by atoms with Gasteiger partial charge in [0, 0.05) is 12.1 Å². The van der Waals surface area contributed by atoms with Crippen molar-refractivity contribution >= 4 is 23.8 Å². The molecule has 1 saturated carbocycles. The van der Waals surface area contributed by atoms with Gasteiger partial charge in [-0.2, -0.15) is 0 Å². The van der Waals surface area contributed by atoms with Crippen LogP contribution < -0.4 is 10.6 Å². The minimum absolute atomic E-state index is 0.157. The van der Waals surface area contributed by atoms with Crippen molar-refractivity contribution in [2.24, 2.45) is 0 Å². The molecule has 2 amide bonds. The third-order valence-corrected chi connectivity index (χ3v) is 5.38. The van der Waals surface area contributed by atoms with Gasteiger partial charge in [0.2, 0.25) is 0 Å². The lowest BCUT2D eigenvalue weighted by atomic mass is 9.89. The van der Waals surface area contributed by atoms with E-state index in [2.05, 4.69) is 10.6 Å². The first-order chi connectivity index (χ1) is 15.2. The van der Waals surface area contributed by atoms with Gasteiger partial charge in [-0.1, -0.05) is 12.8 Å². The monoisotopic (exact) mass is 442 g/mol. The Hall–Kier alpha value is -4.08. The second kappa shape index (κ2) is 9.38. The normalized spacial score (nSPS) is 17.9. The van der Waals surface area contributed by atoms with Crippen LogP contribution in [-0.2, 0) is 0 Å². The molecule has 2 atom stereocenters. The molecule has 1 aliphatic carbocycles. The summed E-state index contributed by atoms with van der Waals surface area (Å²) in [5.74, 6) is -4.62. The maximum absolute atomic E-state index is 12.7. The first-order valence-corrected chi connectivity index (χ1v) is 9.91. The molecule has 3 rings (SSSR count). The number of carbonyl (C=O) groups is 4. The number of phenols is 2. The first kappa shape index (κ1) is 22.6. The fraction of sp³-hybridized carbons (Fsp3) is 0.273. The number of benzene rings is 2. The predicted molar refractivity (Wildman–Crippen MR) is 111 cm³/mol. The highest BCUT2D eigenvalue weighted by molar-refractivity contribution is 6.01. The molecule has 0 unspecified atom stereocenters. The van der Waals surface area contributed by atoms with Crippen LogP contribution in [0.1, 0.15) is 67.1 Å². The lowest BCUT2D eigenvalue weighted by Crippen LogP contribution is -2.53.